The highest BCUT2D eigenvalue weighted by Crippen LogP contribution is 2.35. The zero-order chi connectivity index (χ0) is 12.9. The van der Waals surface area contributed by atoms with Gasteiger partial charge in [-0.25, -0.2) is 0 Å². The number of hydrogen-bond acceptors (Lipinski definition) is 3. The van der Waals surface area contributed by atoms with Crippen molar-refractivity contribution in [3.63, 3.8) is 0 Å². The molecule has 0 amide bonds. The number of para-hydroxylation sites is 1. The van der Waals surface area contributed by atoms with Crippen LogP contribution in [0.4, 0.5) is 13.2 Å². The van der Waals surface area contributed by atoms with E-state index in [0.29, 0.717) is 0 Å². The summed E-state index contributed by atoms with van der Waals surface area (Å²) in [6, 6.07) is 4.47. The van der Waals surface area contributed by atoms with Crippen LogP contribution >= 0.6 is 0 Å². The van der Waals surface area contributed by atoms with Gasteiger partial charge < -0.3 is 15.6 Å². The van der Waals surface area contributed by atoms with E-state index in [0.717, 1.165) is 6.07 Å². The monoisotopic (exact) mass is 249 g/mol. The van der Waals surface area contributed by atoms with Gasteiger partial charge in [0, 0.05) is 12.6 Å². The van der Waals surface area contributed by atoms with Crippen molar-refractivity contribution in [2.24, 2.45) is 5.73 Å². The molecule has 0 fully saturated rings. The third-order valence-electron chi connectivity index (χ3n) is 2.15. The first-order chi connectivity index (χ1) is 7.95. The standard InChI is InChI=1S/C11H14F3NO2/c12-11(13,14)9-3-1-2-4-10(9)17-7-8(15)5-6-16/h1-4,8,16H,5-7,15H2. The van der Waals surface area contributed by atoms with Gasteiger partial charge in [0.1, 0.15) is 12.4 Å². The Hall–Kier alpha value is -1.27. The Balaban J connectivity index is 2.71. The number of aliphatic hydroxyl groups excluding tert-OH is 1. The molecule has 0 bridgehead atoms. The summed E-state index contributed by atoms with van der Waals surface area (Å²) in [4.78, 5) is 0. The van der Waals surface area contributed by atoms with Crippen LogP contribution in [0.25, 0.3) is 0 Å². The van der Waals surface area contributed by atoms with Crippen molar-refractivity contribution in [2.45, 2.75) is 18.6 Å². The minimum Gasteiger partial charge on any atom is -0.491 e. The van der Waals surface area contributed by atoms with Crippen molar-refractivity contribution in [3.8, 4) is 5.75 Å². The van der Waals surface area contributed by atoms with Gasteiger partial charge in [0.25, 0.3) is 0 Å². The summed E-state index contributed by atoms with van der Waals surface area (Å²) in [5.41, 5.74) is 4.70. The summed E-state index contributed by atoms with van der Waals surface area (Å²) >= 11 is 0. The largest absolute Gasteiger partial charge is 0.491 e. The summed E-state index contributed by atoms with van der Waals surface area (Å²) in [6.45, 7) is -0.181. The molecule has 0 spiro atoms. The van der Waals surface area contributed by atoms with E-state index >= 15 is 0 Å². The molecule has 0 aliphatic rings. The van der Waals surface area contributed by atoms with Crippen LogP contribution in [-0.4, -0.2) is 24.4 Å². The first-order valence-electron chi connectivity index (χ1n) is 5.10. The second kappa shape index (κ2) is 5.88. The number of alkyl halides is 3. The van der Waals surface area contributed by atoms with Crippen molar-refractivity contribution in [3.05, 3.63) is 29.8 Å². The second-order valence-corrected chi connectivity index (χ2v) is 3.58. The van der Waals surface area contributed by atoms with Crippen LogP contribution < -0.4 is 10.5 Å². The van der Waals surface area contributed by atoms with E-state index in [2.05, 4.69) is 0 Å². The molecule has 1 rings (SSSR count). The predicted octanol–water partition coefficient (Wildman–Crippen LogP) is 1.79. The highest BCUT2D eigenvalue weighted by Gasteiger charge is 2.34. The van der Waals surface area contributed by atoms with E-state index in [1.165, 1.54) is 18.2 Å². The van der Waals surface area contributed by atoms with E-state index in [4.69, 9.17) is 15.6 Å². The molecule has 3 nitrogen and oxygen atoms in total. The maximum atomic E-state index is 12.6. The minimum atomic E-state index is -4.45. The Kier molecular flexibility index (Phi) is 4.77. The summed E-state index contributed by atoms with van der Waals surface area (Å²) in [5.74, 6) is -0.242. The van der Waals surface area contributed by atoms with Gasteiger partial charge in [-0.05, 0) is 18.6 Å². The van der Waals surface area contributed by atoms with Crippen LogP contribution in [-0.2, 0) is 6.18 Å². The van der Waals surface area contributed by atoms with Gasteiger partial charge >= 0.3 is 6.18 Å². The molecule has 1 aromatic carbocycles. The van der Waals surface area contributed by atoms with Gasteiger partial charge in [0.05, 0.1) is 5.56 Å². The highest BCUT2D eigenvalue weighted by atomic mass is 19.4. The van der Waals surface area contributed by atoms with Gasteiger partial charge in [-0.3, -0.25) is 0 Å². The molecule has 1 unspecified atom stereocenters. The molecule has 1 aromatic rings. The van der Waals surface area contributed by atoms with Gasteiger partial charge in [-0.15, -0.1) is 0 Å². The molecule has 17 heavy (non-hydrogen) atoms. The molecule has 6 heteroatoms. The maximum absolute atomic E-state index is 12.6. The molecule has 1 atom stereocenters. The molecule has 0 aromatic heterocycles. The molecule has 3 N–H and O–H groups in total. The molecule has 0 radical (unpaired) electrons. The molecule has 0 aliphatic heterocycles. The Morgan fingerprint density at radius 1 is 1.29 bits per heavy atom. The average molecular weight is 249 g/mol. The van der Waals surface area contributed by atoms with Crippen molar-refractivity contribution in [1.29, 1.82) is 0 Å². The van der Waals surface area contributed by atoms with Crippen molar-refractivity contribution in [2.75, 3.05) is 13.2 Å². The van der Waals surface area contributed by atoms with E-state index in [1.807, 2.05) is 0 Å². The van der Waals surface area contributed by atoms with Crippen molar-refractivity contribution < 1.29 is 23.0 Å². The van der Waals surface area contributed by atoms with Crippen LogP contribution in [0.5, 0.6) is 5.75 Å². The normalized spacial score (nSPS) is 13.5. The molecular formula is C11H14F3NO2. The number of nitrogens with two attached hydrogens (primary N) is 1. The molecule has 0 heterocycles. The van der Waals surface area contributed by atoms with E-state index in [9.17, 15) is 13.2 Å². The van der Waals surface area contributed by atoms with Gasteiger partial charge in [0.2, 0.25) is 0 Å². The van der Waals surface area contributed by atoms with Gasteiger partial charge in [0.15, 0.2) is 0 Å². The van der Waals surface area contributed by atoms with E-state index < -0.39 is 17.8 Å². The van der Waals surface area contributed by atoms with Crippen LogP contribution in [0.3, 0.4) is 0 Å². The molecule has 0 aliphatic carbocycles. The number of rotatable bonds is 5. The number of aliphatic hydroxyl groups is 1. The topological polar surface area (TPSA) is 55.5 Å². The summed E-state index contributed by atoms with van der Waals surface area (Å²) < 4.78 is 42.7. The smallest absolute Gasteiger partial charge is 0.419 e. The van der Waals surface area contributed by atoms with Gasteiger partial charge in [-0.1, -0.05) is 12.1 Å². The highest BCUT2D eigenvalue weighted by molar-refractivity contribution is 5.35. The Labute approximate surface area is 97.0 Å². The minimum absolute atomic E-state index is 0.0619. The lowest BCUT2D eigenvalue weighted by molar-refractivity contribution is -0.139. The van der Waals surface area contributed by atoms with Crippen LogP contribution in [0.15, 0.2) is 24.3 Å². The first-order valence-corrected chi connectivity index (χ1v) is 5.10. The zero-order valence-electron chi connectivity index (χ0n) is 9.07. The van der Waals surface area contributed by atoms with Crippen molar-refractivity contribution in [1.82, 2.24) is 0 Å². The molecular weight excluding hydrogens is 235 g/mol. The maximum Gasteiger partial charge on any atom is 0.419 e. The van der Waals surface area contributed by atoms with Crippen molar-refractivity contribution >= 4 is 0 Å². The Morgan fingerprint density at radius 3 is 2.53 bits per heavy atom. The third-order valence-corrected chi connectivity index (χ3v) is 2.15. The molecule has 0 saturated carbocycles. The number of hydrogen-bond donors (Lipinski definition) is 2. The van der Waals surface area contributed by atoms with E-state index in [1.54, 1.807) is 0 Å². The predicted molar refractivity (Wildman–Crippen MR) is 56.6 cm³/mol. The fourth-order valence-corrected chi connectivity index (χ4v) is 1.27. The number of halogens is 3. The Morgan fingerprint density at radius 2 is 1.94 bits per heavy atom. The average Bonchev–Trinajstić information content (AvgIpc) is 2.26. The summed E-state index contributed by atoms with van der Waals surface area (Å²) in [7, 11) is 0. The lowest BCUT2D eigenvalue weighted by Gasteiger charge is -2.16. The number of ether oxygens (including phenoxy) is 1. The van der Waals surface area contributed by atoms with Crippen LogP contribution in [0, 0.1) is 0 Å². The quantitative estimate of drug-likeness (QED) is 0.836. The number of benzene rings is 1. The summed E-state index contributed by atoms with van der Waals surface area (Å²) in [5, 5.41) is 8.60. The van der Waals surface area contributed by atoms with Crippen LogP contribution in [0.2, 0.25) is 0 Å². The fraction of sp³-hybridized carbons (Fsp3) is 0.455. The fourth-order valence-electron chi connectivity index (χ4n) is 1.27. The SMILES string of the molecule is NC(CCO)COc1ccccc1C(F)(F)F. The Bertz CT molecular complexity index is 355. The second-order valence-electron chi connectivity index (χ2n) is 3.58. The van der Waals surface area contributed by atoms with E-state index in [-0.39, 0.29) is 25.4 Å². The molecule has 96 valence electrons. The third kappa shape index (κ3) is 4.24. The van der Waals surface area contributed by atoms with Crippen LogP contribution in [0.1, 0.15) is 12.0 Å². The first kappa shape index (κ1) is 13.8. The lowest BCUT2D eigenvalue weighted by atomic mass is 10.2. The molecule has 0 saturated heterocycles. The lowest BCUT2D eigenvalue weighted by Crippen LogP contribution is -2.29. The zero-order valence-corrected chi connectivity index (χ0v) is 9.07. The summed E-state index contributed by atoms with van der Waals surface area (Å²) in [6.07, 6.45) is -4.16. The van der Waals surface area contributed by atoms with Gasteiger partial charge in [-0.2, -0.15) is 13.2 Å².